The maximum Gasteiger partial charge on any atom is -0.0129 e. The van der Waals surface area contributed by atoms with Crippen LogP contribution in [-0.2, 0) is 0 Å². The summed E-state index contributed by atoms with van der Waals surface area (Å²) in [6.07, 6.45) is 0. The fraction of sp³-hybridized carbons (Fsp3) is 0. The van der Waals surface area contributed by atoms with Gasteiger partial charge in [-0.05, 0) is 9.79 Å². The van der Waals surface area contributed by atoms with E-state index in [9.17, 15) is 0 Å². The Balaban J connectivity index is 2.42. The largest absolute Gasteiger partial charge is 0.304 e. The molecule has 2 heteroatoms. The summed E-state index contributed by atoms with van der Waals surface area (Å²) < 4.78 is 7.36. The van der Waals surface area contributed by atoms with E-state index < -0.39 is 0 Å². The number of rotatable bonds is 0. The van der Waals surface area contributed by atoms with Crippen LogP contribution < -0.4 is 0 Å². The van der Waals surface area contributed by atoms with Gasteiger partial charge in [0.1, 0.15) is 0 Å². The van der Waals surface area contributed by atoms with Gasteiger partial charge in [0.2, 0.25) is 0 Å². The highest BCUT2D eigenvalue weighted by Crippen LogP contribution is 2.44. The lowest BCUT2D eigenvalue weighted by molar-refractivity contribution is 1.27. The number of benzene rings is 1. The quantitative estimate of drug-likeness (QED) is 0.527. The third-order valence-electron chi connectivity index (χ3n) is 1.15. The zero-order valence-corrected chi connectivity index (χ0v) is 6.26. The second kappa shape index (κ2) is 2.27. The molecule has 1 aromatic carbocycles. The van der Waals surface area contributed by atoms with E-state index in [1.165, 1.54) is 33.3 Å². The van der Waals surface area contributed by atoms with Crippen molar-refractivity contribution < 1.29 is 1.37 Å². The van der Waals surface area contributed by atoms with E-state index in [1.54, 1.807) is 0 Å². The zero-order valence-electron chi connectivity index (χ0n) is 5.63. The van der Waals surface area contributed by atoms with Crippen LogP contribution in [0.25, 0.3) is 0 Å². The van der Waals surface area contributed by atoms with E-state index in [4.69, 9.17) is 1.37 Å². The summed E-state index contributed by atoms with van der Waals surface area (Å²) in [5.74, 6) is 0. The smallest absolute Gasteiger partial charge is 0.0129 e. The first-order valence-corrected chi connectivity index (χ1v) is 4.28. The molecular weight excluding hydrogens is 148 g/mol. The molecule has 0 amide bonds. The second-order valence-corrected chi connectivity index (χ2v) is 3.69. The van der Waals surface area contributed by atoms with Gasteiger partial charge in [-0.25, -0.2) is 5.06 Å². The van der Waals surface area contributed by atoms with Crippen LogP contribution in [0.2, 0.25) is 0 Å². The zero-order chi connectivity index (χ0) is 6.97. The maximum absolute atomic E-state index is 7.36. The SMILES string of the molecule is [2H][C-]1Sc2ccccc2S1. The number of fused-ring (bicyclic) bond motifs is 1. The Hall–Kier alpha value is -0.0800. The average Bonchev–Trinajstić information content (AvgIpc) is 2.27. The average molecular weight is 154 g/mol. The van der Waals surface area contributed by atoms with Gasteiger partial charge in [-0.3, -0.25) is 0 Å². The Bertz CT molecular complexity index is 224. The molecule has 1 aliphatic rings. The first-order chi connectivity index (χ1) is 4.86. The molecule has 9 heavy (non-hydrogen) atoms. The van der Waals surface area contributed by atoms with Gasteiger partial charge < -0.3 is 23.5 Å². The Morgan fingerprint density at radius 3 is 2.33 bits per heavy atom. The molecule has 1 heterocycles. The minimum absolute atomic E-state index is 0.682. The molecule has 0 spiro atoms. The summed E-state index contributed by atoms with van der Waals surface area (Å²) in [7, 11) is 0. The molecule has 0 radical (unpaired) electrons. The molecule has 0 atom stereocenters. The standard InChI is InChI=1S/C7H5S2/c1-2-4-7-6(3-1)8-5-9-7/h1-5H/q-1/i5D. The highest BCUT2D eigenvalue weighted by atomic mass is 32.2. The molecule has 0 aliphatic carbocycles. The van der Waals surface area contributed by atoms with Crippen molar-refractivity contribution in [1.29, 1.82) is 0 Å². The fourth-order valence-electron chi connectivity index (χ4n) is 0.729. The van der Waals surface area contributed by atoms with Crippen LogP contribution in [0.15, 0.2) is 34.1 Å². The molecule has 1 aliphatic heterocycles. The summed E-state index contributed by atoms with van der Waals surface area (Å²) >= 11 is 3.07. The van der Waals surface area contributed by atoms with Gasteiger partial charge >= 0.3 is 0 Å². The monoisotopic (exact) mass is 154 g/mol. The van der Waals surface area contributed by atoms with Crippen LogP contribution in [0.4, 0.5) is 0 Å². The lowest BCUT2D eigenvalue weighted by Crippen LogP contribution is -1.65. The number of thioether (sulfide) groups is 2. The van der Waals surface area contributed by atoms with Gasteiger partial charge in [0, 0.05) is 0 Å². The first-order valence-electron chi connectivity index (χ1n) is 3.14. The van der Waals surface area contributed by atoms with Crippen LogP contribution in [0.5, 0.6) is 0 Å². The Morgan fingerprint density at radius 2 is 1.78 bits per heavy atom. The van der Waals surface area contributed by atoms with Crippen molar-refractivity contribution in [2.24, 2.45) is 0 Å². The van der Waals surface area contributed by atoms with E-state index in [0.717, 1.165) is 0 Å². The van der Waals surface area contributed by atoms with Gasteiger partial charge in [-0.2, -0.15) is 1.37 Å². The second-order valence-electron chi connectivity index (χ2n) is 1.73. The highest BCUT2D eigenvalue weighted by molar-refractivity contribution is 8.21. The van der Waals surface area contributed by atoms with Gasteiger partial charge in [-0.1, -0.05) is 24.3 Å². The molecule has 0 unspecified atom stereocenters. The summed E-state index contributed by atoms with van der Waals surface area (Å²) in [4.78, 5) is 2.44. The lowest BCUT2D eigenvalue weighted by atomic mass is 10.4. The van der Waals surface area contributed by atoms with Crippen LogP contribution >= 0.6 is 23.5 Å². The first kappa shape index (κ1) is 4.69. The van der Waals surface area contributed by atoms with E-state index in [0.29, 0.717) is 5.06 Å². The molecule has 0 nitrogen and oxygen atoms in total. The minimum atomic E-state index is 0.682. The lowest BCUT2D eigenvalue weighted by Gasteiger charge is -1.95. The molecule has 0 bridgehead atoms. The highest BCUT2D eigenvalue weighted by Gasteiger charge is 1.99. The number of hydrogen-bond donors (Lipinski definition) is 0. The van der Waals surface area contributed by atoms with E-state index >= 15 is 0 Å². The van der Waals surface area contributed by atoms with Gasteiger partial charge in [0.05, 0.1) is 0 Å². The van der Waals surface area contributed by atoms with E-state index in [-0.39, 0.29) is 0 Å². The molecular formula is C7H5S2-. The molecule has 0 saturated heterocycles. The Labute approximate surface area is 64.4 Å². The van der Waals surface area contributed by atoms with Crippen molar-refractivity contribution in [3.63, 3.8) is 0 Å². The summed E-state index contributed by atoms with van der Waals surface area (Å²) in [6, 6.07) is 8.11. The minimum Gasteiger partial charge on any atom is -0.304 e. The van der Waals surface area contributed by atoms with E-state index in [1.807, 2.05) is 12.1 Å². The van der Waals surface area contributed by atoms with Crippen molar-refractivity contribution in [3.05, 3.63) is 29.3 Å². The van der Waals surface area contributed by atoms with Crippen molar-refractivity contribution in [2.45, 2.75) is 9.79 Å². The van der Waals surface area contributed by atoms with Gasteiger partial charge in [0.25, 0.3) is 0 Å². The molecule has 0 saturated carbocycles. The van der Waals surface area contributed by atoms with Crippen LogP contribution in [-0.4, -0.2) is 0 Å². The van der Waals surface area contributed by atoms with Crippen LogP contribution in [0.1, 0.15) is 1.37 Å². The van der Waals surface area contributed by atoms with Crippen LogP contribution in [0.3, 0.4) is 0 Å². The van der Waals surface area contributed by atoms with Crippen molar-refractivity contribution in [2.75, 3.05) is 0 Å². The van der Waals surface area contributed by atoms with Crippen molar-refractivity contribution >= 4 is 23.5 Å². The predicted molar refractivity (Wildman–Crippen MR) is 42.5 cm³/mol. The third kappa shape index (κ3) is 0.970. The van der Waals surface area contributed by atoms with Crippen LogP contribution in [0, 0.1) is 5.06 Å². The normalized spacial score (nSPS) is 19.3. The Kier molecular flexibility index (Phi) is 1.18. The van der Waals surface area contributed by atoms with Crippen molar-refractivity contribution in [1.82, 2.24) is 0 Å². The molecule has 1 aromatic rings. The molecule has 0 fully saturated rings. The summed E-state index contributed by atoms with van der Waals surface area (Å²) in [6.45, 7) is 0. The fourth-order valence-corrected chi connectivity index (χ4v) is 2.49. The topological polar surface area (TPSA) is 0 Å². The molecule has 2 rings (SSSR count). The van der Waals surface area contributed by atoms with Gasteiger partial charge in [0.15, 0.2) is 0 Å². The summed E-state index contributed by atoms with van der Waals surface area (Å²) in [5.41, 5.74) is 0. The molecule has 0 N–H and O–H groups in total. The Morgan fingerprint density at radius 1 is 1.22 bits per heavy atom. The number of hydrogen-bond acceptors (Lipinski definition) is 2. The predicted octanol–water partition coefficient (Wildman–Crippen LogP) is 3.00. The molecule has 46 valence electrons. The maximum atomic E-state index is 7.36. The summed E-state index contributed by atoms with van der Waals surface area (Å²) in [5, 5.41) is 0.682. The van der Waals surface area contributed by atoms with E-state index in [2.05, 4.69) is 12.1 Å². The van der Waals surface area contributed by atoms with Gasteiger partial charge in [-0.15, -0.1) is 0 Å². The third-order valence-corrected chi connectivity index (χ3v) is 3.10. The molecule has 0 aromatic heterocycles. The van der Waals surface area contributed by atoms with Crippen molar-refractivity contribution in [3.8, 4) is 0 Å².